The maximum absolute atomic E-state index is 13.5. The van der Waals surface area contributed by atoms with Crippen molar-refractivity contribution in [2.45, 2.75) is 30.7 Å². The molecule has 2 aromatic carbocycles. The van der Waals surface area contributed by atoms with E-state index in [2.05, 4.69) is 0 Å². The van der Waals surface area contributed by atoms with Crippen LogP contribution in [-0.4, -0.2) is 19.3 Å². The van der Waals surface area contributed by atoms with Crippen molar-refractivity contribution in [3.63, 3.8) is 0 Å². The molecule has 0 radical (unpaired) electrons. The van der Waals surface area contributed by atoms with Gasteiger partial charge in [0.25, 0.3) is 0 Å². The monoisotopic (exact) mass is 337 g/mol. The Labute approximate surface area is 134 Å². The van der Waals surface area contributed by atoms with Crippen LogP contribution in [0.5, 0.6) is 0 Å². The molecule has 1 aliphatic heterocycles. The van der Waals surface area contributed by atoms with Crippen LogP contribution >= 0.6 is 0 Å². The minimum atomic E-state index is -3.66. The summed E-state index contributed by atoms with van der Waals surface area (Å²) in [6.45, 7) is 2.26. The summed E-state index contributed by atoms with van der Waals surface area (Å²) >= 11 is 0. The van der Waals surface area contributed by atoms with E-state index in [4.69, 9.17) is 0 Å². The lowest BCUT2D eigenvalue weighted by atomic mass is 10.1. The number of sulfonamides is 1. The Morgan fingerprint density at radius 3 is 2.39 bits per heavy atom. The fourth-order valence-corrected chi connectivity index (χ4v) is 4.61. The molecule has 1 saturated heterocycles. The summed E-state index contributed by atoms with van der Waals surface area (Å²) in [5.41, 5.74) is 1.46. The maximum atomic E-state index is 13.5. The van der Waals surface area contributed by atoms with E-state index in [1.165, 1.54) is 10.4 Å². The Morgan fingerprint density at radius 2 is 1.74 bits per heavy atom. The van der Waals surface area contributed by atoms with Gasteiger partial charge >= 0.3 is 0 Å². The summed E-state index contributed by atoms with van der Waals surface area (Å²) in [7, 11) is -3.66. The van der Waals surface area contributed by atoms with Crippen LogP contribution in [0.25, 0.3) is 0 Å². The fourth-order valence-electron chi connectivity index (χ4n) is 2.93. The molecule has 1 fully saturated rings. The molecule has 2 aromatic rings. The molecule has 0 spiro atoms. The van der Waals surface area contributed by atoms with Crippen LogP contribution < -0.4 is 0 Å². The van der Waals surface area contributed by atoms with Gasteiger partial charge in [0.1, 0.15) is 0 Å². The third-order valence-electron chi connectivity index (χ3n) is 4.16. The van der Waals surface area contributed by atoms with E-state index < -0.39 is 27.7 Å². The van der Waals surface area contributed by atoms with E-state index in [1.807, 2.05) is 6.92 Å². The third-order valence-corrected chi connectivity index (χ3v) is 6.08. The first-order valence-corrected chi connectivity index (χ1v) is 8.87. The Bertz CT molecular complexity index is 819. The third kappa shape index (κ3) is 3.01. The van der Waals surface area contributed by atoms with E-state index in [9.17, 15) is 17.2 Å². The molecule has 0 amide bonds. The minimum absolute atomic E-state index is 0.220. The van der Waals surface area contributed by atoms with Gasteiger partial charge in [-0.1, -0.05) is 23.8 Å². The van der Waals surface area contributed by atoms with Crippen LogP contribution in [-0.2, 0) is 10.0 Å². The van der Waals surface area contributed by atoms with E-state index in [-0.39, 0.29) is 4.90 Å². The second-order valence-corrected chi connectivity index (χ2v) is 7.65. The predicted molar refractivity (Wildman–Crippen MR) is 83.4 cm³/mol. The number of hydrogen-bond donors (Lipinski definition) is 0. The van der Waals surface area contributed by atoms with Gasteiger partial charge in [0.15, 0.2) is 11.6 Å². The minimum Gasteiger partial charge on any atom is -0.207 e. The summed E-state index contributed by atoms with van der Waals surface area (Å²) < 4.78 is 53.7. The molecule has 0 aromatic heterocycles. The van der Waals surface area contributed by atoms with E-state index in [1.54, 1.807) is 24.3 Å². The lowest BCUT2D eigenvalue weighted by Gasteiger charge is -2.24. The first-order chi connectivity index (χ1) is 10.9. The molecular formula is C17H17F2NO2S. The average molecular weight is 337 g/mol. The van der Waals surface area contributed by atoms with Crippen molar-refractivity contribution in [1.82, 2.24) is 4.31 Å². The molecule has 3 rings (SSSR count). The van der Waals surface area contributed by atoms with E-state index in [0.29, 0.717) is 24.9 Å². The van der Waals surface area contributed by atoms with Crippen molar-refractivity contribution >= 4 is 10.0 Å². The van der Waals surface area contributed by atoms with Crippen LogP contribution in [0.3, 0.4) is 0 Å². The number of aryl methyl sites for hydroxylation is 1. The first-order valence-electron chi connectivity index (χ1n) is 7.43. The van der Waals surface area contributed by atoms with Gasteiger partial charge < -0.3 is 0 Å². The van der Waals surface area contributed by atoms with Gasteiger partial charge in [0, 0.05) is 6.54 Å². The Kier molecular flexibility index (Phi) is 4.21. The number of nitrogens with zero attached hydrogens (tertiary/aromatic N) is 1. The standard InChI is InChI=1S/C17H17F2NO2S/c1-12-4-7-14(8-5-12)23(21,22)20-10-2-3-17(20)13-6-9-15(18)16(19)11-13/h4-9,11,17H,2-3,10H2,1H3. The topological polar surface area (TPSA) is 37.4 Å². The Morgan fingerprint density at radius 1 is 1.04 bits per heavy atom. The number of benzene rings is 2. The zero-order valence-corrected chi connectivity index (χ0v) is 13.5. The number of halogens is 2. The van der Waals surface area contributed by atoms with Crippen molar-refractivity contribution in [1.29, 1.82) is 0 Å². The van der Waals surface area contributed by atoms with Crippen LogP contribution in [0.15, 0.2) is 47.4 Å². The van der Waals surface area contributed by atoms with E-state index >= 15 is 0 Å². The molecule has 1 unspecified atom stereocenters. The second-order valence-electron chi connectivity index (χ2n) is 5.76. The van der Waals surface area contributed by atoms with Crippen molar-refractivity contribution in [3.05, 3.63) is 65.2 Å². The first kappa shape index (κ1) is 16.1. The van der Waals surface area contributed by atoms with Crippen LogP contribution in [0, 0.1) is 18.6 Å². The lowest BCUT2D eigenvalue weighted by molar-refractivity contribution is 0.394. The highest BCUT2D eigenvalue weighted by Crippen LogP contribution is 2.36. The molecule has 0 aliphatic carbocycles. The summed E-state index contributed by atoms with van der Waals surface area (Å²) in [6.07, 6.45) is 1.28. The second kappa shape index (κ2) is 6.02. The van der Waals surface area contributed by atoms with Gasteiger partial charge in [-0.05, 0) is 49.6 Å². The van der Waals surface area contributed by atoms with Gasteiger partial charge in [-0.2, -0.15) is 4.31 Å². The highest BCUT2D eigenvalue weighted by molar-refractivity contribution is 7.89. The predicted octanol–water partition coefficient (Wildman–Crippen LogP) is 3.80. The highest BCUT2D eigenvalue weighted by Gasteiger charge is 2.36. The largest absolute Gasteiger partial charge is 0.243 e. The van der Waals surface area contributed by atoms with Crippen molar-refractivity contribution < 1.29 is 17.2 Å². The molecule has 1 aliphatic rings. The van der Waals surface area contributed by atoms with Crippen LogP contribution in [0.2, 0.25) is 0 Å². The van der Waals surface area contributed by atoms with Gasteiger partial charge in [-0.25, -0.2) is 17.2 Å². The summed E-state index contributed by atoms with van der Waals surface area (Å²) in [6, 6.07) is 9.76. The zero-order chi connectivity index (χ0) is 16.6. The molecule has 23 heavy (non-hydrogen) atoms. The summed E-state index contributed by atoms with van der Waals surface area (Å²) in [5.74, 6) is -1.89. The number of hydrogen-bond acceptors (Lipinski definition) is 2. The number of rotatable bonds is 3. The van der Waals surface area contributed by atoms with Gasteiger partial charge in [0.2, 0.25) is 10.0 Å². The molecule has 1 atom stereocenters. The van der Waals surface area contributed by atoms with Gasteiger partial charge in [-0.15, -0.1) is 0 Å². The molecular weight excluding hydrogens is 320 g/mol. The fraction of sp³-hybridized carbons (Fsp3) is 0.294. The van der Waals surface area contributed by atoms with E-state index in [0.717, 1.165) is 17.7 Å². The maximum Gasteiger partial charge on any atom is 0.243 e. The highest BCUT2D eigenvalue weighted by atomic mass is 32.2. The summed E-state index contributed by atoms with van der Waals surface area (Å²) in [5, 5.41) is 0. The normalized spacial score (nSPS) is 19.2. The molecule has 6 heteroatoms. The Hall–Kier alpha value is -1.79. The van der Waals surface area contributed by atoms with Crippen molar-refractivity contribution in [3.8, 4) is 0 Å². The molecule has 1 heterocycles. The summed E-state index contributed by atoms with van der Waals surface area (Å²) in [4.78, 5) is 0.220. The SMILES string of the molecule is Cc1ccc(S(=O)(=O)N2CCCC2c2ccc(F)c(F)c2)cc1. The lowest BCUT2D eigenvalue weighted by Crippen LogP contribution is -2.30. The van der Waals surface area contributed by atoms with Crippen molar-refractivity contribution in [2.24, 2.45) is 0 Å². The Balaban J connectivity index is 1.97. The van der Waals surface area contributed by atoms with Gasteiger partial charge in [0.05, 0.1) is 10.9 Å². The molecule has 0 bridgehead atoms. The van der Waals surface area contributed by atoms with Crippen LogP contribution in [0.4, 0.5) is 8.78 Å². The van der Waals surface area contributed by atoms with Crippen molar-refractivity contribution in [2.75, 3.05) is 6.54 Å². The molecule has 122 valence electrons. The smallest absolute Gasteiger partial charge is 0.207 e. The molecule has 0 saturated carbocycles. The molecule has 0 N–H and O–H groups in total. The van der Waals surface area contributed by atoms with Gasteiger partial charge in [-0.3, -0.25) is 0 Å². The molecule has 3 nitrogen and oxygen atoms in total. The zero-order valence-electron chi connectivity index (χ0n) is 12.7. The van der Waals surface area contributed by atoms with Crippen LogP contribution in [0.1, 0.15) is 30.0 Å². The quantitative estimate of drug-likeness (QED) is 0.854. The average Bonchev–Trinajstić information content (AvgIpc) is 3.01.